The molecule has 1 N–H and O–H groups in total. The van der Waals surface area contributed by atoms with Gasteiger partial charge in [0.25, 0.3) is 0 Å². The number of imidazole rings is 1. The molecular weight excluding hydrogens is 440 g/mol. The Balaban J connectivity index is 2.18. The molecule has 1 aromatic heterocycles. The topological polar surface area (TPSA) is 125 Å². The lowest BCUT2D eigenvalue weighted by Gasteiger charge is -2.06. The number of unbranched alkanes of at least 4 members (excludes halogenated alkanes) is 9. The summed E-state index contributed by atoms with van der Waals surface area (Å²) < 4.78 is 15.5. The molecule has 0 radical (unpaired) electrons. The van der Waals surface area contributed by atoms with Crippen LogP contribution in [-0.2, 0) is 19.0 Å². The maximum absolute atomic E-state index is 12.3. The van der Waals surface area contributed by atoms with E-state index in [1.165, 1.54) is 12.8 Å². The van der Waals surface area contributed by atoms with Crippen molar-refractivity contribution in [3.8, 4) is 0 Å². The molecule has 9 nitrogen and oxygen atoms in total. The Bertz CT molecular complexity index is 746. The summed E-state index contributed by atoms with van der Waals surface area (Å²) in [6.45, 7) is 5.04. The first-order chi connectivity index (χ1) is 16.5. The van der Waals surface area contributed by atoms with E-state index in [0.29, 0.717) is 32.2 Å². The second-order valence-corrected chi connectivity index (χ2v) is 8.24. The monoisotopic (exact) mass is 480 g/mol. The number of aromatic amines is 1. The zero-order valence-electron chi connectivity index (χ0n) is 20.7. The Hall–Kier alpha value is -2.71. The van der Waals surface area contributed by atoms with Gasteiger partial charge in [0.15, 0.2) is 23.5 Å². The van der Waals surface area contributed by atoms with Gasteiger partial charge >= 0.3 is 17.9 Å². The molecule has 0 saturated heterocycles. The first kappa shape index (κ1) is 29.3. The molecular formula is C25H40N2O7. The highest BCUT2D eigenvalue weighted by atomic mass is 16.5. The molecule has 0 unspecified atom stereocenters. The van der Waals surface area contributed by atoms with Crippen LogP contribution in [0.3, 0.4) is 0 Å². The molecule has 0 aliphatic heterocycles. The maximum Gasteiger partial charge on any atom is 0.359 e. The molecule has 0 aliphatic rings. The van der Waals surface area contributed by atoms with Gasteiger partial charge in [-0.1, -0.05) is 65.2 Å². The number of carbonyl (C=O) groups is 4. The molecule has 1 rings (SSSR count). The third-order valence-electron chi connectivity index (χ3n) is 5.23. The number of nitrogens with zero attached hydrogens (tertiary/aromatic N) is 1. The van der Waals surface area contributed by atoms with Gasteiger partial charge in [0.05, 0.1) is 19.8 Å². The number of H-pyrrole nitrogens is 1. The highest BCUT2D eigenvalue weighted by Crippen LogP contribution is 2.12. The molecule has 0 bridgehead atoms. The van der Waals surface area contributed by atoms with Crippen molar-refractivity contribution >= 4 is 24.2 Å². The number of rotatable bonds is 20. The number of carbonyl (C=O) groups excluding carboxylic acids is 4. The highest BCUT2D eigenvalue weighted by molar-refractivity contribution is 6.01. The summed E-state index contributed by atoms with van der Waals surface area (Å²) in [5.74, 6) is -1.75. The van der Waals surface area contributed by atoms with E-state index in [1.807, 2.05) is 6.92 Å². The van der Waals surface area contributed by atoms with Crippen molar-refractivity contribution < 1.29 is 33.4 Å². The quantitative estimate of drug-likeness (QED) is 0.117. The highest BCUT2D eigenvalue weighted by Gasteiger charge is 2.25. The summed E-state index contributed by atoms with van der Waals surface area (Å²) in [6.07, 6.45) is 12.1. The van der Waals surface area contributed by atoms with Gasteiger partial charge in [-0.15, -0.1) is 0 Å². The van der Waals surface area contributed by atoms with Crippen molar-refractivity contribution in [3.05, 3.63) is 17.2 Å². The molecule has 0 fully saturated rings. The molecule has 0 aromatic carbocycles. The Morgan fingerprint density at radius 3 is 1.97 bits per heavy atom. The van der Waals surface area contributed by atoms with E-state index in [-0.39, 0.29) is 36.4 Å². The van der Waals surface area contributed by atoms with Crippen LogP contribution in [0.25, 0.3) is 0 Å². The number of hydrogen-bond donors (Lipinski definition) is 1. The molecule has 0 amide bonds. The van der Waals surface area contributed by atoms with Crippen LogP contribution in [0.15, 0.2) is 0 Å². The van der Waals surface area contributed by atoms with Gasteiger partial charge in [-0.3, -0.25) is 9.59 Å². The van der Waals surface area contributed by atoms with Crippen LogP contribution in [0, 0.1) is 0 Å². The number of hydrogen-bond acceptors (Lipinski definition) is 8. The fourth-order valence-corrected chi connectivity index (χ4v) is 3.22. The minimum atomic E-state index is -0.759. The van der Waals surface area contributed by atoms with Gasteiger partial charge in [-0.05, 0) is 25.7 Å². The normalized spacial score (nSPS) is 10.6. The first-order valence-corrected chi connectivity index (χ1v) is 12.6. The smallest absolute Gasteiger partial charge is 0.359 e. The first-order valence-electron chi connectivity index (χ1n) is 12.6. The SMILES string of the molecule is CCCCCCOC(=O)CCCCCCCCOC(=O)c1[nH]c(C=O)nc1C(=O)OCCCC. The average molecular weight is 481 g/mol. The van der Waals surface area contributed by atoms with Crippen molar-refractivity contribution in [1.29, 1.82) is 0 Å². The van der Waals surface area contributed by atoms with E-state index >= 15 is 0 Å². The maximum atomic E-state index is 12.3. The van der Waals surface area contributed by atoms with Crippen molar-refractivity contribution in [2.45, 2.75) is 97.3 Å². The van der Waals surface area contributed by atoms with Crippen LogP contribution in [0.4, 0.5) is 0 Å². The van der Waals surface area contributed by atoms with E-state index in [1.54, 1.807) is 0 Å². The summed E-state index contributed by atoms with van der Waals surface area (Å²) in [7, 11) is 0. The molecule has 34 heavy (non-hydrogen) atoms. The Morgan fingerprint density at radius 1 is 0.735 bits per heavy atom. The lowest BCUT2D eigenvalue weighted by atomic mass is 10.1. The van der Waals surface area contributed by atoms with Crippen molar-refractivity contribution in [2.24, 2.45) is 0 Å². The second-order valence-electron chi connectivity index (χ2n) is 8.24. The fourth-order valence-electron chi connectivity index (χ4n) is 3.22. The van der Waals surface area contributed by atoms with Crippen molar-refractivity contribution in [3.63, 3.8) is 0 Å². The van der Waals surface area contributed by atoms with Crippen LogP contribution in [-0.4, -0.2) is 54.0 Å². The summed E-state index contributed by atoms with van der Waals surface area (Å²) in [4.78, 5) is 53.5. The van der Waals surface area contributed by atoms with E-state index in [0.717, 1.165) is 51.4 Å². The van der Waals surface area contributed by atoms with Gasteiger partial charge in [-0.25, -0.2) is 14.6 Å². The van der Waals surface area contributed by atoms with Crippen molar-refractivity contribution in [1.82, 2.24) is 9.97 Å². The largest absolute Gasteiger partial charge is 0.466 e. The summed E-state index contributed by atoms with van der Waals surface area (Å²) in [5.41, 5.74) is -0.400. The Morgan fingerprint density at radius 2 is 1.29 bits per heavy atom. The zero-order valence-corrected chi connectivity index (χ0v) is 20.7. The van der Waals surface area contributed by atoms with E-state index < -0.39 is 11.9 Å². The standard InChI is InChI=1S/C25H40N2O7/c1-3-5-7-13-17-32-21(29)15-12-10-8-9-11-14-18-34-25(31)23-22(26-20(19-28)27-23)24(30)33-16-6-4-2/h19H,3-18H2,1-2H3,(H,26,27). The Kier molecular flexibility index (Phi) is 16.1. The predicted octanol–water partition coefficient (Wildman–Crippen LogP) is 5.19. The number of ether oxygens (including phenoxy) is 3. The lowest BCUT2D eigenvalue weighted by Crippen LogP contribution is -2.15. The van der Waals surface area contributed by atoms with Gasteiger partial charge in [-0.2, -0.15) is 0 Å². The summed E-state index contributed by atoms with van der Waals surface area (Å²) >= 11 is 0. The molecule has 0 spiro atoms. The molecule has 0 atom stereocenters. The minimum Gasteiger partial charge on any atom is -0.466 e. The minimum absolute atomic E-state index is 0.117. The fraction of sp³-hybridized carbons (Fsp3) is 0.720. The molecule has 1 heterocycles. The molecule has 0 aliphatic carbocycles. The average Bonchev–Trinajstić information content (AvgIpc) is 3.28. The van der Waals surface area contributed by atoms with Crippen LogP contribution < -0.4 is 0 Å². The Labute approximate surface area is 202 Å². The number of esters is 3. The molecule has 1 aromatic rings. The van der Waals surface area contributed by atoms with Gasteiger partial charge in [0, 0.05) is 6.42 Å². The third-order valence-corrected chi connectivity index (χ3v) is 5.23. The number of aromatic nitrogens is 2. The number of nitrogens with one attached hydrogen (secondary N) is 1. The summed E-state index contributed by atoms with van der Waals surface area (Å²) in [6, 6.07) is 0. The van der Waals surface area contributed by atoms with Crippen LogP contribution in [0.2, 0.25) is 0 Å². The van der Waals surface area contributed by atoms with Gasteiger partial charge in [0.2, 0.25) is 0 Å². The van der Waals surface area contributed by atoms with Crippen LogP contribution in [0.1, 0.15) is 129 Å². The number of aldehydes is 1. The van der Waals surface area contributed by atoms with Gasteiger partial charge in [0.1, 0.15) is 0 Å². The van der Waals surface area contributed by atoms with Crippen LogP contribution in [0.5, 0.6) is 0 Å². The molecule has 192 valence electrons. The molecule has 9 heteroatoms. The van der Waals surface area contributed by atoms with Crippen LogP contribution >= 0.6 is 0 Å². The van der Waals surface area contributed by atoms with E-state index in [4.69, 9.17) is 14.2 Å². The van der Waals surface area contributed by atoms with Gasteiger partial charge < -0.3 is 19.2 Å². The van der Waals surface area contributed by atoms with E-state index in [9.17, 15) is 19.2 Å². The lowest BCUT2D eigenvalue weighted by molar-refractivity contribution is -0.143. The zero-order chi connectivity index (χ0) is 25.0. The summed E-state index contributed by atoms with van der Waals surface area (Å²) in [5, 5.41) is 0. The van der Waals surface area contributed by atoms with Crippen molar-refractivity contribution in [2.75, 3.05) is 19.8 Å². The third kappa shape index (κ3) is 12.5. The van der Waals surface area contributed by atoms with E-state index in [2.05, 4.69) is 16.9 Å². The predicted molar refractivity (Wildman–Crippen MR) is 127 cm³/mol. The molecule has 0 saturated carbocycles. The second kappa shape index (κ2) is 18.7.